The van der Waals surface area contributed by atoms with Gasteiger partial charge in [-0.05, 0) is 6.92 Å². The van der Waals surface area contributed by atoms with E-state index >= 15 is 0 Å². The van der Waals surface area contributed by atoms with Gasteiger partial charge in [0.2, 0.25) is 6.08 Å². The van der Waals surface area contributed by atoms with E-state index in [-0.39, 0.29) is 6.04 Å². The highest BCUT2D eigenvalue weighted by Gasteiger charge is 2.01. The maximum Gasteiger partial charge on any atom is 0.235 e. The molecule has 1 aromatic rings. The van der Waals surface area contributed by atoms with E-state index in [1.807, 2.05) is 0 Å². The molecule has 0 bridgehead atoms. The Labute approximate surface area is 64.0 Å². The molecule has 0 unspecified atom stereocenters. The summed E-state index contributed by atoms with van der Waals surface area (Å²) in [5.41, 5.74) is 0.816. The van der Waals surface area contributed by atoms with Gasteiger partial charge in [0.25, 0.3) is 0 Å². The minimum absolute atomic E-state index is 0.200. The summed E-state index contributed by atoms with van der Waals surface area (Å²) in [4.78, 5) is 20.9. The molecule has 0 radical (unpaired) electrons. The molecule has 4 nitrogen and oxygen atoms in total. The first-order valence-electron chi connectivity index (χ1n) is 3.16. The summed E-state index contributed by atoms with van der Waals surface area (Å²) < 4.78 is 0. The lowest BCUT2D eigenvalue weighted by Crippen LogP contribution is -1.90. The second-order valence-corrected chi connectivity index (χ2v) is 2.07. The van der Waals surface area contributed by atoms with Crippen molar-refractivity contribution in [2.75, 3.05) is 0 Å². The van der Waals surface area contributed by atoms with Gasteiger partial charge in [0.1, 0.15) is 6.33 Å². The van der Waals surface area contributed by atoms with E-state index in [0.29, 0.717) is 0 Å². The molecule has 1 rings (SSSR count). The molecule has 0 amide bonds. The SMILES string of the molecule is C[C@@H](N=C=O)c1cncnc1. The number of aromatic nitrogens is 2. The molecule has 0 saturated heterocycles. The van der Waals surface area contributed by atoms with Crippen LogP contribution in [0.2, 0.25) is 0 Å². The number of aliphatic imine (C=N–C) groups is 1. The molecule has 11 heavy (non-hydrogen) atoms. The lowest BCUT2D eigenvalue weighted by molar-refractivity contribution is 0.559. The molecule has 0 aliphatic heterocycles. The van der Waals surface area contributed by atoms with Crippen LogP contribution in [-0.2, 0) is 4.79 Å². The van der Waals surface area contributed by atoms with E-state index in [1.54, 1.807) is 19.3 Å². The van der Waals surface area contributed by atoms with Crippen molar-refractivity contribution in [3.8, 4) is 0 Å². The summed E-state index contributed by atoms with van der Waals surface area (Å²) in [6.45, 7) is 1.78. The normalized spacial score (nSPS) is 11.7. The summed E-state index contributed by atoms with van der Waals surface area (Å²) in [6.07, 6.45) is 6.16. The Kier molecular flexibility index (Phi) is 2.47. The van der Waals surface area contributed by atoms with Gasteiger partial charge in [0.15, 0.2) is 0 Å². The maximum atomic E-state index is 9.86. The lowest BCUT2D eigenvalue weighted by atomic mass is 10.2. The predicted molar refractivity (Wildman–Crippen MR) is 38.6 cm³/mol. The van der Waals surface area contributed by atoms with Gasteiger partial charge in [0.05, 0.1) is 6.04 Å². The van der Waals surface area contributed by atoms with Gasteiger partial charge in [0, 0.05) is 18.0 Å². The molecule has 0 saturated carbocycles. The topological polar surface area (TPSA) is 55.2 Å². The first-order chi connectivity index (χ1) is 5.34. The van der Waals surface area contributed by atoms with Crippen molar-refractivity contribution >= 4 is 6.08 Å². The third-order valence-electron chi connectivity index (χ3n) is 1.31. The largest absolute Gasteiger partial charge is 0.244 e. The zero-order chi connectivity index (χ0) is 8.10. The van der Waals surface area contributed by atoms with Crippen molar-refractivity contribution in [2.45, 2.75) is 13.0 Å². The molecule has 1 aromatic heterocycles. The van der Waals surface area contributed by atoms with Crippen molar-refractivity contribution < 1.29 is 4.79 Å². The molecule has 4 heteroatoms. The number of nitrogens with zero attached hydrogens (tertiary/aromatic N) is 3. The second kappa shape index (κ2) is 3.58. The molecule has 0 N–H and O–H groups in total. The van der Waals surface area contributed by atoms with Crippen molar-refractivity contribution in [3.05, 3.63) is 24.3 Å². The fourth-order valence-corrected chi connectivity index (χ4v) is 0.680. The van der Waals surface area contributed by atoms with Crippen LogP contribution in [0.1, 0.15) is 18.5 Å². The number of hydrogen-bond donors (Lipinski definition) is 0. The van der Waals surface area contributed by atoms with Crippen LogP contribution in [0, 0.1) is 0 Å². The Morgan fingerprint density at radius 1 is 1.55 bits per heavy atom. The van der Waals surface area contributed by atoms with E-state index in [1.165, 1.54) is 12.4 Å². The van der Waals surface area contributed by atoms with Gasteiger partial charge in [-0.25, -0.2) is 14.8 Å². The van der Waals surface area contributed by atoms with E-state index < -0.39 is 0 Å². The minimum Gasteiger partial charge on any atom is -0.244 e. The zero-order valence-electron chi connectivity index (χ0n) is 6.06. The first kappa shape index (κ1) is 7.57. The van der Waals surface area contributed by atoms with Crippen LogP contribution < -0.4 is 0 Å². The summed E-state index contributed by atoms with van der Waals surface area (Å²) in [6, 6.07) is -0.200. The summed E-state index contributed by atoms with van der Waals surface area (Å²) in [7, 11) is 0. The third-order valence-corrected chi connectivity index (χ3v) is 1.31. The Hall–Kier alpha value is -1.54. The van der Waals surface area contributed by atoms with Gasteiger partial charge in [-0.3, -0.25) is 0 Å². The van der Waals surface area contributed by atoms with Crippen molar-refractivity contribution in [1.82, 2.24) is 9.97 Å². The van der Waals surface area contributed by atoms with Gasteiger partial charge in [-0.2, -0.15) is 4.99 Å². The Balaban J connectivity index is 2.84. The molecule has 1 heterocycles. The number of rotatable bonds is 2. The Morgan fingerprint density at radius 3 is 2.73 bits per heavy atom. The van der Waals surface area contributed by atoms with Crippen LogP contribution in [0.5, 0.6) is 0 Å². The predicted octanol–water partition coefficient (Wildman–Crippen LogP) is 0.873. The van der Waals surface area contributed by atoms with Crippen molar-refractivity contribution in [3.63, 3.8) is 0 Å². The van der Waals surface area contributed by atoms with Gasteiger partial charge >= 0.3 is 0 Å². The van der Waals surface area contributed by atoms with Crippen LogP contribution in [-0.4, -0.2) is 16.0 Å². The average Bonchev–Trinajstić information content (AvgIpc) is 2.07. The molecule has 56 valence electrons. The van der Waals surface area contributed by atoms with E-state index in [9.17, 15) is 4.79 Å². The minimum atomic E-state index is -0.200. The molecule has 0 aliphatic rings. The molecule has 0 aromatic carbocycles. The molecule has 0 fully saturated rings. The van der Waals surface area contributed by atoms with Crippen LogP contribution in [0.4, 0.5) is 0 Å². The monoisotopic (exact) mass is 149 g/mol. The highest BCUT2D eigenvalue weighted by Crippen LogP contribution is 2.11. The van der Waals surface area contributed by atoms with Gasteiger partial charge in [-0.15, -0.1) is 0 Å². The third kappa shape index (κ3) is 1.95. The van der Waals surface area contributed by atoms with E-state index in [4.69, 9.17) is 0 Å². The smallest absolute Gasteiger partial charge is 0.235 e. The number of hydrogen-bond acceptors (Lipinski definition) is 4. The molecule has 0 spiro atoms. The highest BCUT2D eigenvalue weighted by atomic mass is 16.1. The van der Waals surface area contributed by atoms with Crippen LogP contribution in [0.15, 0.2) is 23.7 Å². The number of carbonyl (C=O) groups excluding carboxylic acids is 1. The molecule has 0 aliphatic carbocycles. The maximum absolute atomic E-state index is 9.86. The van der Waals surface area contributed by atoms with Gasteiger partial charge < -0.3 is 0 Å². The lowest BCUT2D eigenvalue weighted by Gasteiger charge is -1.99. The second-order valence-electron chi connectivity index (χ2n) is 2.07. The van der Waals surface area contributed by atoms with Gasteiger partial charge in [-0.1, -0.05) is 0 Å². The van der Waals surface area contributed by atoms with Crippen LogP contribution in [0.25, 0.3) is 0 Å². The molecular weight excluding hydrogens is 142 g/mol. The average molecular weight is 149 g/mol. The first-order valence-corrected chi connectivity index (χ1v) is 3.16. The summed E-state index contributed by atoms with van der Waals surface area (Å²) in [5, 5.41) is 0. The van der Waals surface area contributed by atoms with Crippen LogP contribution in [0.3, 0.4) is 0 Å². The molecular formula is C7H7N3O. The fourth-order valence-electron chi connectivity index (χ4n) is 0.680. The highest BCUT2D eigenvalue weighted by molar-refractivity contribution is 5.34. The van der Waals surface area contributed by atoms with E-state index in [2.05, 4.69) is 15.0 Å². The van der Waals surface area contributed by atoms with Crippen LogP contribution >= 0.6 is 0 Å². The van der Waals surface area contributed by atoms with Crippen molar-refractivity contribution in [2.24, 2.45) is 4.99 Å². The summed E-state index contributed by atoms with van der Waals surface area (Å²) in [5.74, 6) is 0. The Morgan fingerprint density at radius 2 is 2.18 bits per heavy atom. The van der Waals surface area contributed by atoms with Crippen molar-refractivity contribution in [1.29, 1.82) is 0 Å². The molecule has 1 atom stereocenters. The number of isocyanates is 1. The quantitative estimate of drug-likeness (QED) is 0.463. The standard InChI is InChI=1S/C7H7N3O/c1-6(10-5-11)7-2-8-4-9-3-7/h2-4,6H,1H3/t6-/m1/s1. The summed E-state index contributed by atoms with van der Waals surface area (Å²) >= 11 is 0. The van der Waals surface area contributed by atoms with E-state index in [0.717, 1.165) is 5.56 Å². The zero-order valence-corrected chi connectivity index (χ0v) is 6.06. The fraction of sp³-hybridized carbons (Fsp3) is 0.286. The Bertz CT molecular complexity index is 266.